The Labute approximate surface area is 213 Å². The van der Waals surface area contributed by atoms with E-state index in [1.54, 1.807) is 0 Å². The minimum absolute atomic E-state index is 0. The highest BCUT2D eigenvalue weighted by Crippen LogP contribution is 1.85. The molecule has 0 spiro atoms. The number of carboxylic acids is 4. The van der Waals surface area contributed by atoms with E-state index >= 15 is 0 Å². The van der Waals surface area contributed by atoms with Crippen LogP contribution in [0.2, 0.25) is 0 Å². The van der Waals surface area contributed by atoms with Gasteiger partial charge in [-0.2, -0.15) is 0 Å². The molecule has 0 aromatic carbocycles. The Balaban J connectivity index is -0.000000122. The summed E-state index contributed by atoms with van der Waals surface area (Å²) in [7, 11) is 0. The van der Waals surface area contributed by atoms with Crippen LogP contribution in [0, 0.1) is 0 Å². The fraction of sp³-hybridized carbons (Fsp3) is 0.400. The molecule has 0 saturated heterocycles. The van der Waals surface area contributed by atoms with E-state index in [0.29, 0.717) is 0 Å². The zero-order chi connectivity index (χ0) is 29.8. The lowest BCUT2D eigenvalue weighted by Gasteiger charge is -1.86. The minimum Gasteiger partial charge on any atom is -0.475 e. The largest absolute Gasteiger partial charge is 0.475 e. The third kappa shape index (κ3) is 36.2. The van der Waals surface area contributed by atoms with Crippen LogP contribution in [0.5, 0.6) is 0 Å². The predicted octanol–water partition coefficient (Wildman–Crippen LogP) is -2.97. The number of hydrogen-bond acceptors (Lipinski definition) is 12. The third-order valence-electron chi connectivity index (χ3n) is 2.59. The molecule has 0 heterocycles. The van der Waals surface area contributed by atoms with E-state index in [-0.39, 0.29) is 11.0 Å². The van der Waals surface area contributed by atoms with Crippen molar-refractivity contribution in [2.45, 2.75) is 53.4 Å². The van der Waals surface area contributed by atoms with Gasteiger partial charge < -0.3 is 20.4 Å². The number of carbonyl (C=O) groups is 12. The van der Waals surface area contributed by atoms with Gasteiger partial charge in [0.2, 0.25) is 23.1 Å². The summed E-state index contributed by atoms with van der Waals surface area (Å²) in [6, 6.07) is 0. The smallest absolute Gasteiger partial charge is 0.372 e. The molecule has 0 unspecified atom stereocenters. The first kappa shape index (κ1) is 42.6. The molecule has 0 bridgehead atoms. The molecule has 16 nitrogen and oxygen atoms in total. The van der Waals surface area contributed by atoms with Crippen molar-refractivity contribution in [1.29, 1.82) is 0 Å². The normalized spacial score (nSPS) is 8.32. The maximum absolute atomic E-state index is 10.1. The van der Waals surface area contributed by atoms with Gasteiger partial charge in [-0.05, 0) is 38.7 Å². The van der Waals surface area contributed by atoms with E-state index in [2.05, 4.69) is 0 Å². The first-order valence-electron chi connectivity index (χ1n) is 9.17. The molecule has 0 amide bonds. The highest BCUT2D eigenvalue weighted by molar-refractivity contribution is 6.37. The van der Waals surface area contributed by atoms with Crippen LogP contribution < -0.4 is 0 Å². The number of rotatable bonds is 12. The second-order valence-electron chi connectivity index (χ2n) is 6.43. The lowest BCUT2D eigenvalue weighted by atomic mass is 10.2. The summed E-state index contributed by atoms with van der Waals surface area (Å²) in [6.07, 6.45) is -2.02. The molecule has 0 aromatic heterocycles. The number of ketones is 8. The highest BCUT2D eigenvalue weighted by Gasteiger charge is 2.14. The summed E-state index contributed by atoms with van der Waals surface area (Å²) < 4.78 is 0. The van der Waals surface area contributed by atoms with Crippen molar-refractivity contribution >= 4 is 81.1 Å². The molecule has 0 aliphatic carbocycles. The van der Waals surface area contributed by atoms with Crippen LogP contribution in [0.25, 0.3) is 0 Å². The van der Waals surface area contributed by atoms with Crippen LogP contribution in [-0.4, -0.2) is 102 Å². The van der Waals surface area contributed by atoms with Gasteiger partial charge >= 0.3 is 23.9 Å². The van der Waals surface area contributed by atoms with E-state index < -0.39 is 95.8 Å². The van der Waals surface area contributed by atoms with Crippen molar-refractivity contribution in [3.05, 3.63) is 0 Å². The van der Waals surface area contributed by atoms with Gasteiger partial charge in [0.15, 0.2) is 0 Å². The van der Waals surface area contributed by atoms with E-state index in [1.807, 2.05) is 0 Å². The molecule has 0 atom stereocenters. The number of Topliss-reactive ketones (excluding diaryl/α,β-unsaturated/α-hetero) is 8. The molecule has 4 N–H and O–H groups in total. The molecule has 37 heavy (non-hydrogen) atoms. The van der Waals surface area contributed by atoms with Crippen molar-refractivity contribution in [3.8, 4) is 0 Å². The van der Waals surface area contributed by atoms with E-state index in [9.17, 15) is 57.5 Å². The average Bonchev–Trinajstić information content (AvgIpc) is 2.67. The highest BCUT2D eigenvalue weighted by atomic mass is 28.1. The molecule has 17 heteroatoms. The quantitative estimate of drug-likeness (QED) is 0.107. The SMILES string of the molecule is CC(=O)CC(=O)C(=O)O.CC(=O)CC(=O)C(=O)O.CC(=O)CC(=O)C(=O)O.CC(=O)CC(=O)C(=O)O.[SiH4]. The summed E-state index contributed by atoms with van der Waals surface area (Å²) in [5, 5.41) is 31.7. The van der Waals surface area contributed by atoms with Crippen molar-refractivity contribution in [1.82, 2.24) is 0 Å². The molecule has 0 aliphatic rings. The Morgan fingerprint density at radius 1 is 0.351 bits per heavy atom. The second-order valence-corrected chi connectivity index (χ2v) is 6.43. The van der Waals surface area contributed by atoms with E-state index in [4.69, 9.17) is 20.4 Å². The van der Waals surface area contributed by atoms with Crippen LogP contribution in [0.4, 0.5) is 0 Å². The Morgan fingerprint density at radius 3 is 0.486 bits per heavy atom. The number of hydrogen-bond donors (Lipinski definition) is 4. The van der Waals surface area contributed by atoms with Crippen molar-refractivity contribution in [2.24, 2.45) is 0 Å². The van der Waals surface area contributed by atoms with Gasteiger partial charge in [-0.15, -0.1) is 0 Å². The minimum atomic E-state index is -1.55. The standard InChI is InChI=1S/4C5H6O4.H4Si/c4*1-3(6)2-4(7)5(8)9;/h4*2H2,1H3,(H,8,9);1H4. The zero-order valence-electron chi connectivity index (χ0n) is 19.5. The Hall–Kier alpha value is -4.54. The number of carboxylic acid groups (broad SMARTS) is 4. The van der Waals surface area contributed by atoms with Crippen LogP contribution in [0.15, 0.2) is 0 Å². The molecule has 0 saturated carbocycles. The summed E-state index contributed by atoms with van der Waals surface area (Å²) in [5.41, 5.74) is 0. The maximum Gasteiger partial charge on any atom is 0.372 e. The van der Waals surface area contributed by atoms with Gasteiger partial charge in [-0.3, -0.25) is 38.4 Å². The number of carbonyl (C=O) groups excluding carboxylic acids is 8. The fourth-order valence-corrected chi connectivity index (χ4v) is 1.21. The van der Waals surface area contributed by atoms with Gasteiger partial charge in [-0.1, -0.05) is 0 Å². The average molecular weight is 553 g/mol. The Kier molecular flexibility index (Phi) is 26.7. The van der Waals surface area contributed by atoms with Gasteiger partial charge in [0, 0.05) is 0 Å². The van der Waals surface area contributed by atoms with Gasteiger partial charge in [0.05, 0.1) is 25.7 Å². The summed E-state index contributed by atoms with van der Waals surface area (Å²) in [6.45, 7) is 4.67. The zero-order valence-corrected chi connectivity index (χ0v) is 19.5. The topological polar surface area (TPSA) is 286 Å². The molecular formula is C20H28O16Si. The lowest BCUT2D eigenvalue weighted by molar-refractivity contribution is -0.150. The molecule has 0 aromatic rings. The fourth-order valence-electron chi connectivity index (χ4n) is 1.21. The van der Waals surface area contributed by atoms with Gasteiger partial charge in [0.25, 0.3) is 0 Å². The second kappa shape index (κ2) is 23.2. The molecular weight excluding hydrogens is 524 g/mol. The van der Waals surface area contributed by atoms with Crippen molar-refractivity contribution in [2.75, 3.05) is 0 Å². The lowest BCUT2D eigenvalue weighted by Crippen LogP contribution is -2.15. The predicted molar refractivity (Wildman–Crippen MR) is 123 cm³/mol. The van der Waals surface area contributed by atoms with E-state index in [0.717, 1.165) is 0 Å². The summed E-state index contributed by atoms with van der Waals surface area (Å²) >= 11 is 0. The maximum atomic E-state index is 10.1. The molecule has 0 fully saturated rings. The Morgan fingerprint density at radius 2 is 0.459 bits per heavy atom. The first-order valence-corrected chi connectivity index (χ1v) is 9.17. The van der Waals surface area contributed by atoms with E-state index in [1.165, 1.54) is 27.7 Å². The monoisotopic (exact) mass is 552 g/mol. The van der Waals surface area contributed by atoms with Crippen LogP contribution in [-0.2, 0) is 57.5 Å². The number of aliphatic carboxylic acids is 4. The molecule has 0 aliphatic heterocycles. The Bertz CT molecular complexity index is 792. The molecule has 0 radical (unpaired) electrons. The molecule has 208 valence electrons. The first-order chi connectivity index (χ1) is 16.1. The third-order valence-corrected chi connectivity index (χ3v) is 2.59. The van der Waals surface area contributed by atoms with Crippen molar-refractivity contribution in [3.63, 3.8) is 0 Å². The summed E-state index contributed by atoms with van der Waals surface area (Å²) in [5.74, 6) is -12.1. The summed E-state index contributed by atoms with van der Waals surface area (Å²) in [4.78, 5) is 120. The van der Waals surface area contributed by atoms with Crippen LogP contribution >= 0.6 is 0 Å². The molecule has 0 rings (SSSR count). The van der Waals surface area contributed by atoms with Crippen molar-refractivity contribution < 1.29 is 78.0 Å². The van der Waals surface area contributed by atoms with Gasteiger partial charge in [-0.25, -0.2) is 19.2 Å². The van der Waals surface area contributed by atoms with Crippen LogP contribution in [0.3, 0.4) is 0 Å². The van der Waals surface area contributed by atoms with Crippen LogP contribution in [0.1, 0.15) is 53.4 Å². The van der Waals surface area contributed by atoms with Gasteiger partial charge in [0.1, 0.15) is 23.1 Å².